The molecule has 0 aliphatic heterocycles. The van der Waals surface area contributed by atoms with Crippen molar-refractivity contribution in [3.63, 3.8) is 0 Å². The first-order valence-corrected chi connectivity index (χ1v) is 9.78. The van der Waals surface area contributed by atoms with Crippen LogP contribution in [0.5, 0.6) is 11.5 Å². The van der Waals surface area contributed by atoms with Crippen LogP contribution < -0.4 is 9.47 Å². The Morgan fingerprint density at radius 3 is 1.94 bits per heavy atom. The number of halogens is 1. The van der Waals surface area contributed by atoms with Crippen molar-refractivity contribution in [3.05, 3.63) is 89.7 Å². The van der Waals surface area contributed by atoms with Crippen LogP contribution in [0.15, 0.2) is 82.2 Å². The minimum atomic E-state index is -0.332. The van der Waals surface area contributed by atoms with Crippen molar-refractivity contribution < 1.29 is 18.3 Å². The molecule has 0 spiro atoms. The third kappa shape index (κ3) is 4.23. The number of hydrogen-bond acceptors (Lipinski definition) is 5. The minimum absolute atomic E-state index is 0.175. The monoisotopic (exact) mass is 426 g/mol. The molecule has 0 saturated carbocycles. The third-order valence-electron chi connectivity index (χ3n) is 4.93. The van der Waals surface area contributed by atoms with Crippen LogP contribution in [0.2, 0.25) is 0 Å². The number of nitrogens with zero attached hydrogens (tertiary/aromatic N) is 2. The van der Waals surface area contributed by atoms with E-state index < -0.39 is 0 Å². The topological polar surface area (TPSA) is 67.8 Å². The second-order valence-corrected chi connectivity index (χ2v) is 6.86. The largest absolute Gasteiger partial charge is 0.497 e. The van der Waals surface area contributed by atoms with Crippen LogP contribution in [0.4, 0.5) is 10.3 Å². The fourth-order valence-electron chi connectivity index (χ4n) is 3.27. The highest BCUT2D eigenvalue weighted by Crippen LogP contribution is 2.43. The Labute approximate surface area is 185 Å². The first kappa shape index (κ1) is 20.9. The molecule has 0 fully saturated rings. The van der Waals surface area contributed by atoms with Gasteiger partial charge in [-0.05, 0) is 59.7 Å². The first-order chi connectivity index (χ1) is 15.6. The van der Waals surface area contributed by atoms with Crippen LogP contribution in [-0.2, 0) is 0 Å². The predicted molar refractivity (Wildman–Crippen MR) is 121 cm³/mol. The molecule has 1 aromatic heterocycles. The average molecular weight is 426 g/mol. The molecule has 0 atom stereocenters. The lowest BCUT2D eigenvalue weighted by Crippen LogP contribution is -1.87. The van der Waals surface area contributed by atoms with Gasteiger partial charge in [-0.1, -0.05) is 24.3 Å². The SMILES string of the molecule is COc1ccc(-c2oc(/N=C/c3ccc(F)cc3)c(C#N)c2-c2ccc(OC)cc2)cc1. The summed E-state index contributed by atoms with van der Waals surface area (Å²) in [5.74, 6) is 1.77. The number of benzene rings is 3. The average Bonchev–Trinajstić information content (AvgIpc) is 3.22. The van der Waals surface area contributed by atoms with E-state index in [1.165, 1.54) is 18.3 Å². The Kier molecular flexibility index (Phi) is 6.00. The lowest BCUT2D eigenvalue weighted by atomic mass is 9.98. The molecule has 0 saturated heterocycles. The number of furan rings is 1. The highest BCUT2D eigenvalue weighted by molar-refractivity contribution is 5.90. The predicted octanol–water partition coefficient (Wildman–Crippen LogP) is 6.39. The van der Waals surface area contributed by atoms with E-state index in [0.717, 1.165) is 11.1 Å². The molecule has 0 aliphatic carbocycles. The molecular formula is C26H19FN2O3. The van der Waals surface area contributed by atoms with Gasteiger partial charge in [-0.2, -0.15) is 5.26 Å². The standard InChI is InChI=1S/C26H19FN2O3/c1-30-21-11-5-18(6-12-21)24-23(15-28)26(29-16-17-3-9-20(27)10-4-17)32-25(24)19-7-13-22(31-2)14-8-19/h3-14,16H,1-2H3/b29-16+. The Balaban J connectivity index is 1.86. The quantitative estimate of drug-likeness (QED) is 0.335. The van der Waals surface area contributed by atoms with Crippen LogP contribution in [-0.4, -0.2) is 20.4 Å². The summed E-state index contributed by atoms with van der Waals surface area (Å²) in [6.07, 6.45) is 1.54. The van der Waals surface area contributed by atoms with E-state index in [4.69, 9.17) is 13.9 Å². The molecule has 0 unspecified atom stereocenters. The van der Waals surface area contributed by atoms with E-state index in [2.05, 4.69) is 11.1 Å². The van der Waals surface area contributed by atoms with Crippen molar-refractivity contribution in [2.24, 2.45) is 4.99 Å². The molecule has 1 heterocycles. The van der Waals surface area contributed by atoms with Crippen molar-refractivity contribution in [1.29, 1.82) is 5.26 Å². The maximum atomic E-state index is 13.2. The van der Waals surface area contributed by atoms with Crippen molar-refractivity contribution in [1.82, 2.24) is 0 Å². The summed E-state index contributed by atoms with van der Waals surface area (Å²) < 4.78 is 29.8. The maximum absolute atomic E-state index is 13.2. The molecular weight excluding hydrogens is 407 g/mol. The van der Waals surface area contributed by atoms with E-state index in [0.29, 0.717) is 33.9 Å². The summed E-state index contributed by atoms with van der Waals surface area (Å²) in [7, 11) is 3.19. The minimum Gasteiger partial charge on any atom is -0.497 e. The number of nitriles is 1. The van der Waals surface area contributed by atoms with Crippen LogP contribution in [0.3, 0.4) is 0 Å². The lowest BCUT2D eigenvalue weighted by Gasteiger charge is -2.06. The van der Waals surface area contributed by atoms with Crippen LogP contribution in [0.1, 0.15) is 11.1 Å². The second-order valence-electron chi connectivity index (χ2n) is 6.86. The van der Waals surface area contributed by atoms with E-state index in [9.17, 15) is 9.65 Å². The van der Waals surface area contributed by atoms with Crippen LogP contribution in [0, 0.1) is 17.1 Å². The van der Waals surface area contributed by atoms with E-state index in [1.807, 2.05) is 48.5 Å². The summed E-state index contributed by atoms with van der Waals surface area (Å²) in [5.41, 5.74) is 3.19. The fraction of sp³-hybridized carbons (Fsp3) is 0.0769. The Morgan fingerprint density at radius 2 is 1.41 bits per heavy atom. The van der Waals surface area contributed by atoms with Crippen LogP contribution in [0.25, 0.3) is 22.5 Å². The Bertz CT molecular complexity index is 1280. The van der Waals surface area contributed by atoms with E-state index in [1.54, 1.807) is 26.4 Å². The summed E-state index contributed by atoms with van der Waals surface area (Å²) in [5, 5.41) is 9.96. The number of hydrogen-bond donors (Lipinski definition) is 0. The molecule has 0 N–H and O–H groups in total. The number of aliphatic imine (C=N–C) groups is 1. The highest BCUT2D eigenvalue weighted by Gasteiger charge is 2.23. The molecule has 0 bridgehead atoms. The van der Waals surface area contributed by atoms with Crippen LogP contribution >= 0.6 is 0 Å². The van der Waals surface area contributed by atoms with Crippen molar-refractivity contribution in [2.45, 2.75) is 0 Å². The second kappa shape index (κ2) is 9.19. The maximum Gasteiger partial charge on any atom is 0.238 e. The van der Waals surface area contributed by atoms with Gasteiger partial charge in [0.1, 0.15) is 34.7 Å². The van der Waals surface area contributed by atoms with E-state index >= 15 is 0 Å². The highest BCUT2D eigenvalue weighted by atomic mass is 19.1. The number of methoxy groups -OCH3 is 2. The normalized spacial score (nSPS) is 10.8. The van der Waals surface area contributed by atoms with Crippen molar-refractivity contribution in [2.75, 3.05) is 14.2 Å². The molecule has 0 radical (unpaired) electrons. The summed E-state index contributed by atoms with van der Waals surface area (Å²) in [4.78, 5) is 4.39. The Morgan fingerprint density at radius 1 is 0.844 bits per heavy atom. The van der Waals surface area contributed by atoms with E-state index in [-0.39, 0.29) is 11.7 Å². The van der Waals surface area contributed by atoms with Gasteiger partial charge in [0.25, 0.3) is 0 Å². The lowest BCUT2D eigenvalue weighted by molar-refractivity contribution is 0.414. The number of rotatable bonds is 6. The van der Waals surface area contributed by atoms with Gasteiger partial charge in [0.15, 0.2) is 0 Å². The molecule has 32 heavy (non-hydrogen) atoms. The summed E-state index contributed by atoms with van der Waals surface area (Å²) >= 11 is 0. The molecule has 6 heteroatoms. The van der Waals surface area contributed by atoms with Gasteiger partial charge in [0.05, 0.1) is 14.2 Å². The van der Waals surface area contributed by atoms with Gasteiger partial charge in [-0.25, -0.2) is 9.38 Å². The third-order valence-corrected chi connectivity index (χ3v) is 4.93. The fourth-order valence-corrected chi connectivity index (χ4v) is 3.27. The smallest absolute Gasteiger partial charge is 0.238 e. The molecule has 4 aromatic rings. The summed E-state index contributed by atoms with van der Waals surface area (Å²) in [6.45, 7) is 0. The van der Waals surface area contributed by atoms with Crippen molar-refractivity contribution in [3.8, 4) is 40.0 Å². The van der Waals surface area contributed by atoms with Gasteiger partial charge in [-0.3, -0.25) is 0 Å². The van der Waals surface area contributed by atoms with Gasteiger partial charge in [-0.15, -0.1) is 0 Å². The molecule has 0 aliphatic rings. The first-order valence-electron chi connectivity index (χ1n) is 9.78. The van der Waals surface area contributed by atoms with Crippen molar-refractivity contribution >= 4 is 12.1 Å². The Hall–Kier alpha value is -4.37. The summed E-state index contributed by atoms with van der Waals surface area (Å²) in [6, 6.07) is 22.9. The molecule has 5 nitrogen and oxygen atoms in total. The van der Waals surface area contributed by atoms with Gasteiger partial charge in [0, 0.05) is 17.3 Å². The molecule has 4 rings (SSSR count). The van der Waals surface area contributed by atoms with Gasteiger partial charge >= 0.3 is 0 Å². The van der Waals surface area contributed by atoms with Gasteiger partial charge < -0.3 is 13.9 Å². The zero-order chi connectivity index (χ0) is 22.5. The molecule has 0 amide bonds. The number of ether oxygens (including phenoxy) is 2. The van der Waals surface area contributed by atoms with Gasteiger partial charge in [0.2, 0.25) is 5.88 Å². The molecule has 158 valence electrons. The zero-order valence-corrected chi connectivity index (χ0v) is 17.5. The molecule has 3 aromatic carbocycles. The zero-order valence-electron chi connectivity index (χ0n) is 17.5.